The number of nitrogens with zero attached hydrogens (tertiary/aromatic N) is 2. The van der Waals surface area contributed by atoms with Gasteiger partial charge in [-0.05, 0) is 61.2 Å². The lowest BCUT2D eigenvalue weighted by atomic mass is 9.95. The fourth-order valence-corrected chi connectivity index (χ4v) is 7.06. The van der Waals surface area contributed by atoms with Crippen LogP contribution in [0.1, 0.15) is 51.0 Å². The fourth-order valence-electron chi connectivity index (χ4n) is 5.17. The molecule has 0 aliphatic heterocycles. The maximum Gasteiger partial charge on any atom is 0.264 e. The zero-order valence-electron chi connectivity index (χ0n) is 23.3. The topological polar surface area (TPSA) is 86.8 Å². The van der Waals surface area contributed by atoms with Crippen LogP contribution in [-0.4, -0.2) is 43.8 Å². The molecule has 1 saturated carbocycles. The molecule has 0 spiro atoms. The van der Waals surface area contributed by atoms with Crippen LogP contribution in [-0.2, 0) is 26.2 Å². The number of hydrogen-bond acceptors (Lipinski definition) is 4. The van der Waals surface area contributed by atoms with Gasteiger partial charge in [0.2, 0.25) is 11.8 Å². The van der Waals surface area contributed by atoms with E-state index in [0.29, 0.717) is 5.56 Å². The van der Waals surface area contributed by atoms with Crippen molar-refractivity contribution in [3.63, 3.8) is 0 Å². The molecule has 3 aromatic rings. The standard InChI is InChI=1S/C31H34Cl2FN3O4S/c1-2-27(31(39)35-24-10-5-3-6-11-24)36(20-22-16-18-23(34)19-17-22)29(38)21-37(28-15-9-14-26(32)30(28)33)42(40,41)25-12-7-4-8-13-25/h4,7-9,12-19,24,27H,2-3,5-6,10-11,20-21H2,1H3,(H,35,39)/t27-/m0/s1. The Balaban J connectivity index is 1.72. The predicted octanol–water partition coefficient (Wildman–Crippen LogP) is 6.58. The number of sulfonamides is 1. The molecular weight excluding hydrogens is 600 g/mol. The molecule has 0 heterocycles. The lowest BCUT2D eigenvalue weighted by Crippen LogP contribution is -2.54. The highest BCUT2D eigenvalue weighted by molar-refractivity contribution is 7.92. The molecule has 0 unspecified atom stereocenters. The summed E-state index contributed by atoms with van der Waals surface area (Å²) in [7, 11) is -4.28. The van der Waals surface area contributed by atoms with Crippen LogP contribution in [0.25, 0.3) is 0 Å². The van der Waals surface area contributed by atoms with Crippen LogP contribution in [0.15, 0.2) is 77.7 Å². The molecule has 1 atom stereocenters. The minimum atomic E-state index is -4.28. The molecule has 1 aliphatic carbocycles. The number of carbonyl (C=O) groups is 2. The third-order valence-electron chi connectivity index (χ3n) is 7.41. The van der Waals surface area contributed by atoms with Crippen molar-refractivity contribution in [2.24, 2.45) is 0 Å². The summed E-state index contributed by atoms with van der Waals surface area (Å²) in [5.41, 5.74) is 0.620. The van der Waals surface area contributed by atoms with Gasteiger partial charge in [-0.1, -0.05) is 85.8 Å². The number of benzene rings is 3. The molecule has 1 aliphatic rings. The average Bonchev–Trinajstić information content (AvgIpc) is 2.99. The SMILES string of the molecule is CC[C@@H](C(=O)NC1CCCCC1)N(Cc1ccc(F)cc1)C(=O)CN(c1cccc(Cl)c1Cl)S(=O)(=O)c1ccccc1. The first-order chi connectivity index (χ1) is 20.1. The van der Waals surface area contributed by atoms with Crippen LogP contribution >= 0.6 is 23.2 Å². The number of amides is 2. The summed E-state index contributed by atoms with van der Waals surface area (Å²) in [4.78, 5) is 29.0. The lowest BCUT2D eigenvalue weighted by Gasteiger charge is -2.34. The summed E-state index contributed by atoms with van der Waals surface area (Å²) in [6, 6.07) is 17.0. The zero-order valence-corrected chi connectivity index (χ0v) is 25.6. The van der Waals surface area contributed by atoms with E-state index in [1.807, 2.05) is 0 Å². The number of hydrogen-bond donors (Lipinski definition) is 1. The highest BCUT2D eigenvalue weighted by Gasteiger charge is 2.35. The second kappa shape index (κ2) is 14.4. The van der Waals surface area contributed by atoms with E-state index >= 15 is 0 Å². The number of carbonyl (C=O) groups excluding carboxylic acids is 2. The molecule has 1 fully saturated rings. The number of nitrogens with one attached hydrogen (secondary N) is 1. The minimum Gasteiger partial charge on any atom is -0.352 e. The maximum atomic E-state index is 14.2. The zero-order chi connectivity index (χ0) is 30.3. The Kier molecular flexibility index (Phi) is 10.9. The minimum absolute atomic E-state index is 0.0169. The van der Waals surface area contributed by atoms with Crippen molar-refractivity contribution >= 4 is 50.7 Å². The van der Waals surface area contributed by atoms with E-state index in [4.69, 9.17) is 23.2 Å². The highest BCUT2D eigenvalue weighted by Crippen LogP contribution is 2.35. The van der Waals surface area contributed by atoms with E-state index in [2.05, 4.69) is 5.32 Å². The van der Waals surface area contributed by atoms with Crippen molar-refractivity contribution < 1.29 is 22.4 Å². The van der Waals surface area contributed by atoms with Gasteiger partial charge in [0.1, 0.15) is 18.4 Å². The average molecular weight is 635 g/mol. The van der Waals surface area contributed by atoms with Crippen molar-refractivity contribution in [3.05, 3.63) is 94.2 Å². The summed E-state index contributed by atoms with van der Waals surface area (Å²) in [5, 5.41) is 3.19. The van der Waals surface area contributed by atoms with Crippen molar-refractivity contribution in [2.75, 3.05) is 10.8 Å². The third kappa shape index (κ3) is 7.62. The van der Waals surface area contributed by atoms with Crippen molar-refractivity contribution in [1.29, 1.82) is 0 Å². The van der Waals surface area contributed by atoms with E-state index in [0.717, 1.165) is 36.4 Å². The first-order valence-electron chi connectivity index (χ1n) is 14.0. The molecule has 0 radical (unpaired) electrons. The summed E-state index contributed by atoms with van der Waals surface area (Å²) in [6.07, 6.45) is 5.18. The van der Waals surface area contributed by atoms with E-state index in [-0.39, 0.29) is 45.5 Å². The smallest absolute Gasteiger partial charge is 0.264 e. The first kappa shape index (κ1) is 31.8. The van der Waals surface area contributed by atoms with Gasteiger partial charge in [0.25, 0.3) is 10.0 Å². The van der Waals surface area contributed by atoms with Crippen molar-refractivity contribution in [1.82, 2.24) is 10.2 Å². The van der Waals surface area contributed by atoms with Gasteiger partial charge >= 0.3 is 0 Å². The monoisotopic (exact) mass is 633 g/mol. The maximum absolute atomic E-state index is 14.2. The van der Waals surface area contributed by atoms with Gasteiger partial charge in [-0.15, -0.1) is 0 Å². The molecule has 4 rings (SSSR count). The Morgan fingerprint density at radius 3 is 2.26 bits per heavy atom. The first-order valence-corrected chi connectivity index (χ1v) is 16.2. The molecule has 7 nitrogen and oxygen atoms in total. The van der Waals surface area contributed by atoms with Crippen molar-refractivity contribution in [3.8, 4) is 0 Å². The molecular formula is C31H34Cl2FN3O4S. The van der Waals surface area contributed by atoms with Crippen LogP contribution < -0.4 is 9.62 Å². The second-order valence-corrected chi connectivity index (χ2v) is 13.0. The molecule has 11 heteroatoms. The van der Waals surface area contributed by atoms with Gasteiger partial charge in [0.05, 0.1) is 20.6 Å². The summed E-state index contributed by atoms with van der Waals surface area (Å²) in [6.45, 7) is 1.12. The Morgan fingerprint density at radius 2 is 1.62 bits per heavy atom. The van der Waals surface area contributed by atoms with Gasteiger partial charge in [-0.25, -0.2) is 12.8 Å². The number of anilines is 1. The molecule has 224 valence electrons. The molecule has 0 bridgehead atoms. The Morgan fingerprint density at radius 1 is 0.952 bits per heavy atom. The molecule has 3 aromatic carbocycles. The van der Waals surface area contributed by atoms with Crippen LogP contribution in [0.3, 0.4) is 0 Å². The predicted molar refractivity (Wildman–Crippen MR) is 163 cm³/mol. The third-order valence-corrected chi connectivity index (χ3v) is 10.00. The Bertz CT molecular complexity index is 1480. The van der Waals surface area contributed by atoms with Gasteiger partial charge < -0.3 is 10.2 Å². The molecule has 42 heavy (non-hydrogen) atoms. The number of rotatable bonds is 11. The van der Waals surface area contributed by atoms with Gasteiger partial charge in [0, 0.05) is 12.6 Å². The molecule has 0 saturated heterocycles. The van der Waals surface area contributed by atoms with Crippen LogP contribution in [0, 0.1) is 5.82 Å². The van der Waals surface area contributed by atoms with Crippen LogP contribution in [0.2, 0.25) is 10.0 Å². The van der Waals surface area contributed by atoms with Crippen LogP contribution in [0.5, 0.6) is 0 Å². The molecule has 1 N–H and O–H groups in total. The Labute approximate surface area is 256 Å². The second-order valence-electron chi connectivity index (χ2n) is 10.3. The van der Waals surface area contributed by atoms with Crippen molar-refractivity contribution in [2.45, 2.75) is 69.0 Å². The quantitative estimate of drug-likeness (QED) is 0.258. The molecule has 0 aromatic heterocycles. The van der Waals surface area contributed by atoms with E-state index < -0.39 is 34.3 Å². The highest BCUT2D eigenvalue weighted by atomic mass is 35.5. The largest absolute Gasteiger partial charge is 0.352 e. The summed E-state index contributed by atoms with van der Waals surface area (Å²) in [5.74, 6) is -1.37. The van der Waals surface area contributed by atoms with Gasteiger partial charge in [0.15, 0.2) is 0 Å². The van der Waals surface area contributed by atoms with Gasteiger partial charge in [-0.3, -0.25) is 13.9 Å². The van der Waals surface area contributed by atoms with E-state index in [1.165, 1.54) is 53.4 Å². The Hall–Kier alpha value is -3.14. The fraction of sp³-hybridized carbons (Fsp3) is 0.355. The van der Waals surface area contributed by atoms with Crippen LogP contribution in [0.4, 0.5) is 10.1 Å². The van der Waals surface area contributed by atoms with Gasteiger partial charge in [-0.2, -0.15) is 0 Å². The molecule has 2 amide bonds. The normalized spacial score (nSPS) is 14.7. The lowest BCUT2D eigenvalue weighted by molar-refractivity contribution is -0.140. The summed E-state index contributed by atoms with van der Waals surface area (Å²) < 4.78 is 42.4. The van der Waals surface area contributed by atoms with E-state index in [1.54, 1.807) is 31.2 Å². The summed E-state index contributed by atoms with van der Waals surface area (Å²) >= 11 is 12.7. The van der Waals surface area contributed by atoms with E-state index in [9.17, 15) is 22.4 Å². The number of halogens is 3.